The summed E-state index contributed by atoms with van der Waals surface area (Å²) in [5.74, 6) is 0. The van der Waals surface area contributed by atoms with Crippen molar-refractivity contribution in [3.05, 3.63) is 35.8 Å². The number of hydrogen-bond acceptors (Lipinski definition) is 4. The number of carbonyl (C=O) groups excluding carboxylic acids is 1. The highest BCUT2D eigenvalue weighted by atomic mass is 32.1. The lowest BCUT2D eigenvalue weighted by molar-refractivity contribution is 0.0550. The van der Waals surface area contributed by atoms with Crippen LogP contribution in [0.5, 0.6) is 0 Å². The summed E-state index contributed by atoms with van der Waals surface area (Å²) in [5, 5.41) is 15.4. The van der Waals surface area contributed by atoms with Gasteiger partial charge in [-0.1, -0.05) is 0 Å². The van der Waals surface area contributed by atoms with Gasteiger partial charge in [0.15, 0.2) is 0 Å². The highest BCUT2D eigenvalue weighted by Gasteiger charge is 2.19. The molecular formula is C15H19N3O2S. The minimum absolute atomic E-state index is 0.251. The molecule has 6 heteroatoms. The number of aromatic nitrogens is 1. The molecule has 2 N–H and O–H groups in total. The van der Waals surface area contributed by atoms with E-state index in [9.17, 15) is 9.90 Å². The Morgan fingerprint density at radius 2 is 2.05 bits per heavy atom. The minimum Gasteiger partial charge on any atom is -0.389 e. The molecule has 0 saturated carbocycles. The first-order chi connectivity index (χ1) is 9.85. The second-order valence-electron chi connectivity index (χ2n) is 5.51. The van der Waals surface area contributed by atoms with Crippen molar-refractivity contribution in [2.45, 2.75) is 19.4 Å². The number of carbonyl (C=O) groups is 1. The van der Waals surface area contributed by atoms with Crippen LogP contribution in [-0.4, -0.2) is 40.2 Å². The van der Waals surface area contributed by atoms with E-state index in [1.807, 2.05) is 29.6 Å². The third-order valence-corrected chi connectivity index (χ3v) is 3.61. The zero-order valence-electron chi connectivity index (χ0n) is 12.3. The van der Waals surface area contributed by atoms with E-state index in [0.29, 0.717) is 5.69 Å². The predicted octanol–water partition coefficient (Wildman–Crippen LogP) is 3.04. The molecule has 0 atom stereocenters. The van der Waals surface area contributed by atoms with E-state index in [1.54, 1.807) is 38.4 Å². The summed E-state index contributed by atoms with van der Waals surface area (Å²) in [5.41, 5.74) is 0.816. The minimum atomic E-state index is -0.916. The lowest BCUT2D eigenvalue weighted by Crippen LogP contribution is -2.41. The van der Waals surface area contributed by atoms with E-state index in [0.717, 1.165) is 10.6 Å². The van der Waals surface area contributed by atoms with E-state index in [4.69, 9.17) is 0 Å². The Balaban J connectivity index is 1.99. The van der Waals surface area contributed by atoms with Crippen LogP contribution in [0.3, 0.4) is 0 Å². The van der Waals surface area contributed by atoms with Crippen LogP contribution >= 0.6 is 11.3 Å². The van der Waals surface area contributed by atoms with Crippen molar-refractivity contribution in [3.8, 4) is 10.6 Å². The summed E-state index contributed by atoms with van der Waals surface area (Å²) >= 11 is 1.57. The van der Waals surface area contributed by atoms with Crippen molar-refractivity contribution in [1.29, 1.82) is 0 Å². The number of benzene rings is 1. The normalized spacial score (nSPS) is 11.2. The summed E-state index contributed by atoms with van der Waals surface area (Å²) in [6, 6.07) is 7.27. The van der Waals surface area contributed by atoms with Gasteiger partial charge in [-0.2, -0.15) is 0 Å². The molecule has 1 heterocycles. The molecule has 0 radical (unpaired) electrons. The zero-order valence-corrected chi connectivity index (χ0v) is 13.1. The fourth-order valence-corrected chi connectivity index (χ4v) is 2.58. The Bertz CT molecular complexity index is 588. The lowest BCUT2D eigenvalue weighted by Gasteiger charge is -2.25. The monoisotopic (exact) mass is 305 g/mol. The first kappa shape index (κ1) is 15.5. The molecule has 0 bridgehead atoms. The third-order valence-electron chi connectivity index (χ3n) is 2.79. The van der Waals surface area contributed by atoms with Crippen LogP contribution in [0, 0.1) is 0 Å². The number of rotatable bonds is 4. The first-order valence-corrected chi connectivity index (χ1v) is 7.47. The van der Waals surface area contributed by atoms with Crippen molar-refractivity contribution in [2.24, 2.45) is 0 Å². The molecule has 1 aromatic heterocycles. The van der Waals surface area contributed by atoms with E-state index < -0.39 is 5.60 Å². The Morgan fingerprint density at radius 1 is 1.38 bits per heavy atom. The van der Waals surface area contributed by atoms with E-state index in [-0.39, 0.29) is 12.6 Å². The van der Waals surface area contributed by atoms with Crippen molar-refractivity contribution in [3.63, 3.8) is 0 Å². The van der Waals surface area contributed by atoms with Crippen molar-refractivity contribution < 1.29 is 9.90 Å². The maximum absolute atomic E-state index is 12.0. The molecule has 0 unspecified atom stereocenters. The Hall–Kier alpha value is -1.92. The van der Waals surface area contributed by atoms with Gasteiger partial charge in [0.25, 0.3) is 0 Å². The summed E-state index contributed by atoms with van der Waals surface area (Å²) in [6.45, 7) is 3.59. The first-order valence-electron chi connectivity index (χ1n) is 6.59. The van der Waals surface area contributed by atoms with Crippen LogP contribution in [0.1, 0.15) is 13.8 Å². The molecule has 0 aliphatic carbocycles. The fraction of sp³-hybridized carbons (Fsp3) is 0.333. The smallest absolute Gasteiger partial charge is 0.321 e. The van der Waals surface area contributed by atoms with Gasteiger partial charge in [0.2, 0.25) is 0 Å². The van der Waals surface area contributed by atoms with Crippen molar-refractivity contribution in [2.75, 3.05) is 18.9 Å². The predicted molar refractivity (Wildman–Crippen MR) is 85.5 cm³/mol. The average molecular weight is 305 g/mol. The number of amides is 2. The van der Waals surface area contributed by atoms with Gasteiger partial charge in [0.1, 0.15) is 5.01 Å². The highest BCUT2D eigenvalue weighted by molar-refractivity contribution is 7.13. The molecule has 0 spiro atoms. The van der Waals surface area contributed by atoms with Gasteiger partial charge in [0.05, 0.1) is 12.1 Å². The quantitative estimate of drug-likeness (QED) is 0.912. The average Bonchev–Trinajstić information content (AvgIpc) is 2.91. The van der Waals surface area contributed by atoms with Gasteiger partial charge in [0, 0.05) is 29.9 Å². The molecule has 0 aliphatic heterocycles. The molecule has 2 rings (SSSR count). The molecule has 2 amide bonds. The number of thiazole rings is 1. The molecule has 0 saturated heterocycles. The molecule has 2 aromatic rings. The van der Waals surface area contributed by atoms with Gasteiger partial charge in [-0.15, -0.1) is 11.3 Å². The summed E-state index contributed by atoms with van der Waals surface area (Å²) in [4.78, 5) is 17.7. The van der Waals surface area contributed by atoms with Crippen LogP contribution in [0.4, 0.5) is 10.5 Å². The second kappa shape index (κ2) is 6.24. The number of nitrogens with zero attached hydrogens (tertiary/aromatic N) is 2. The molecule has 5 nitrogen and oxygen atoms in total. The highest BCUT2D eigenvalue weighted by Crippen LogP contribution is 2.23. The van der Waals surface area contributed by atoms with Gasteiger partial charge < -0.3 is 15.3 Å². The van der Waals surface area contributed by atoms with Gasteiger partial charge in [-0.05, 0) is 38.1 Å². The van der Waals surface area contributed by atoms with Crippen LogP contribution < -0.4 is 5.32 Å². The van der Waals surface area contributed by atoms with E-state index >= 15 is 0 Å². The van der Waals surface area contributed by atoms with Gasteiger partial charge in [-0.25, -0.2) is 9.78 Å². The number of urea groups is 1. The Morgan fingerprint density at radius 3 is 2.57 bits per heavy atom. The Labute approximate surface area is 128 Å². The molecule has 1 aromatic carbocycles. The van der Waals surface area contributed by atoms with Gasteiger partial charge >= 0.3 is 6.03 Å². The topological polar surface area (TPSA) is 65.5 Å². The Kier molecular flexibility index (Phi) is 4.59. The van der Waals surface area contributed by atoms with E-state index in [2.05, 4.69) is 10.3 Å². The SMILES string of the molecule is CN(CC(C)(C)O)C(=O)Nc1ccc(-c2nccs2)cc1. The third kappa shape index (κ3) is 4.54. The van der Waals surface area contributed by atoms with Crippen LogP contribution in [0.15, 0.2) is 35.8 Å². The fourth-order valence-electron chi connectivity index (χ4n) is 1.93. The number of anilines is 1. The summed E-state index contributed by atoms with van der Waals surface area (Å²) < 4.78 is 0. The molecular weight excluding hydrogens is 286 g/mol. The lowest BCUT2D eigenvalue weighted by atomic mass is 10.1. The molecule has 0 fully saturated rings. The number of aliphatic hydroxyl groups is 1. The van der Waals surface area contributed by atoms with Crippen molar-refractivity contribution in [1.82, 2.24) is 9.88 Å². The maximum Gasteiger partial charge on any atom is 0.321 e. The second-order valence-corrected chi connectivity index (χ2v) is 6.41. The van der Waals surface area contributed by atoms with Crippen molar-refractivity contribution >= 4 is 23.1 Å². The number of hydrogen-bond donors (Lipinski definition) is 2. The van der Waals surface area contributed by atoms with Gasteiger partial charge in [-0.3, -0.25) is 0 Å². The molecule has 112 valence electrons. The van der Waals surface area contributed by atoms with Crippen LogP contribution in [0.2, 0.25) is 0 Å². The van der Waals surface area contributed by atoms with Crippen LogP contribution in [-0.2, 0) is 0 Å². The largest absolute Gasteiger partial charge is 0.389 e. The summed E-state index contributed by atoms with van der Waals surface area (Å²) in [6.07, 6.45) is 1.77. The zero-order chi connectivity index (χ0) is 15.5. The number of nitrogens with one attached hydrogen (secondary N) is 1. The summed E-state index contributed by atoms with van der Waals surface area (Å²) in [7, 11) is 1.65. The van der Waals surface area contributed by atoms with Crippen LogP contribution in [0.25, 0.3) is 10.6 Å². The number of likely N-dealkylation sites (N-methyl/N-ethyl adjacent to an activating group) is 1. The van der Waals surface area contributed by atoms with E-state index in [1.165, 1.54) is 4.90 Å². The maximum atomic E-state index is 12.0. The molecule has 21 heavy (non-hydrogen) atoms. The standard InChI is InChI=1S/C15H19N3O2S/c1-15(2,20)10-18(3)14(19)17-12-6-4-11(5-7-12)13-16-8-9-21-13/h4-9,20H,10H2,1-3H3,(H,17,19). The molecule has 0 aliphatic rings.